The lowest BCUT2D eigenvalue weighted by Gasteiger charge is -1.99. The summed E-state index contributed by atoms with van der Waals surface area (Å²) in [6, 6.07) is 1.74. The van der Waals surface area contributed by atoms with Crippen LogP contribution in [0.2, 0.25) is 0 Å². The molecule has 0 atom stereocenters. The number of nitrogens with zero attached hydrogens (tertiary/aromatic N) is 3. The van der Waals surface area contributed by atoms with Gasteiger partial charge in [0.25, 0.3) is 5.56 Å². The van der Waals surface area contributed by atoms with E-state index in [1.165, 1.54) is 10.4 Å². The monoisotopic (exact) mass is 270 g/mol. The average molecular weight is 270 g/mol. The van der Waals surface area contributed by atoms with Crippen LogP contribution in [-0.2, 0) is 12.8 Å². The molecule has 0 saturated carbocycles. The number of rotatable bonds is 1. The number of hydrogen-bond acceptors (Lipinski definition) is 5. The smallest absolute Gasteiger partial charge is 0.260 e. The summed E-state index contributed by atoms with van der Waals surface area (Å²) in [5.41, 5.74) is 1.11. The number of fused-ring (bicyclic) bond motifs is 3. The summed E-state index contributed by atoms with van der Waals surface area (Å²) in [5, 5.41) is 0.761. The van der Waals surface area contributed by atoms with Crippen molar-refractivity contribution >= 4 is 21.6 Å². The highest BCUT2D eigenvalue weighted by Gasteiger charge is 2.21. The van der Waals surface area contributed by atoms with Crippen molar-refractivity contribution in [3.05, 3.63) is 39.3 Å². The van der Waals surface area contributed by atoms with Crippen LogP contribution in [0, 0.1) is 0 Å². The predicted molar refractivity (Wildman–Crippen MR) is 73.3 cm³/mol. The minimum atomic E-state index is -0.0770. The molecule has 0 amide bonds. The van der Waals surface area contributed by atoms with Crippen LogP contribution in [-0.4, -0.2) is 19.9 Å². The Morgan fingerprint density at radius 1 is 1.21 bits per heavy atom. The summed E-state index contributed by atoms with van der Waals surface area (Å²) in [6.07, 6.45) is 6.47. The van der Waals surface area contributed by atoms with Crippen LogP contribution in [0.5, 0.6) is 0 Å². The lowest BCUT2D eigenvalue weighted by atomic mass is 10.2. The Morgan fingerprint density at radius 2 is 2.05 bits per heavy atom. The van der Waals surface area contributed by atoms with Gasteiger partial charge in [0.2, 0.25) is 0 Å². The third-order valence-electron chi connectivity index (χ3n) is 3.35. The molecule has 19 heavy (non-hydrogen) atoms. The largest absolute Gasteiger partial charge is 0.303 e. The van der Waals surface area contributed by atoms with E-state index < -0.39 is 0 Å². The second kappa shape index (κ2) is 3.96. The van der Waals surface area contributed by atoms with Crippen molar-refractivity contribution < 1.29 is 0 Å². The van der Waals surface area contributed by atoms with Gasteiger partial charge in [-0.15, -0.1) is 11.3 Å². The third kappa shape index (κ3) is 1.60. The molecule has 4 rings (SSSR count). The van der Waals surface area contributed by atoms with E-state index in [-0.39, 0.29) is 5.56 Å². The molecule has 0 radical (unpaired) electrons. The first-order valence-corrected chi connectivity index (χ1v) is 6.96. The van der Waals surface area contributed by atoms with Gasteiger partial charge >= 0.3 is 0 Å². The van der Waals surface area contributed by atoms with Gasteiger partial charge in [-0.3, -0.25) is 4.79 Å². The fraction of sp³-hybridized carbons (Fsp3) is 0.231. The average Bonchev–Trinajstić information content (AvgIpc) is 2.99. The van der Waals surface area contributed by atoms with Crippen molar-refractivity contribution in [2.45, 2.75) is 19.3 Å². The van der Waals surface area contributed by atoms with Gasteiger partial charge in [0.05, 0.1) is 5.39 Å². The number of aromatic nitrogens is 4. The number of aromatic amines is 1. The number of aryl methyl sites for hydroxylation is 2. The van der Waals surface area contributed by atoms with E-state index in [9.17, 15) is 4.79 Å². The number of hydrogen-bond donors (Lipinski definition) is 1. The molecule has 94 valence electrons. The molecular formula is C13H10N4OS. The van der Waals surface area contributed by atoms with Crippen molar-refractivity contribution in [3.63, 3.8) is 0 Å². The maximum atomic E-state index is 12.2. The first-order valence-electron chi connectivity index (χ1n) is 6.15. The first kappa shape index (κ1) is 10.8. The molecule has 3 aromatic heterocycles. The molecule has 0 aliphatic heterocycles. The molecule has 0 unspecified atom stereocenters. The summed E-state index contributed by atoms with van der Waals surface area (Å²) in [6.45, 7) is 0. The van der Waals surface area contributed by atoms with Gasteiger partial charge in [-0.05, 0) is 30.9 Å². The van der Waals surface area contributed by atoms with E-state index in [4.69, 9.17) is 0 Å². The van der Waals surface area contributed by atoms with Crippen molar-refractivity contribution in [2.75, 3.05) is 0 Å². The van der Waals surface area contributed by atoms with Crippen LogP contribution in [0.3, 0.4) is 0 Å². The second-order valence-corrected chi connectivity index (χ2v) is 5.61. The van der Waals surface area contributed by atoms with Crippen LogP contribution < -0.4 is 5.56 Å². The normalized spacial score (nSPS) is 13.9. The van der Waals surface area contributed by atoms with E-state index in [0.717, 1.165) is 29.5 Å². The van der Waals surface area contributed by atoms with E-state index in [1.807, 2.05) is 0 Å². The molecular weight excluding hydrogens is 260 g/mol. The van der Waals surface area contributed by atoms with E-state index in [1.54, 1.807) is 29.8 Å². The zero-order valence-electron chi connectivity index (χ0n) is 10.0. The Hall–Kier alpha value is -2.08. The van der Waals surface area contributed by atoms with Gasteiger partial charge in [0, 0.05) is 17.3 Å². The standard InChI is InChI=1S/C13H10N4OS/c18-12-9-7-3-1-4-8(7)19-13(9)17-11(16-12)10-14-5-2-6-15-10/h2,5-6H,1,3-4H2,(H,16,17,18). The van der Waals surface area contributed by atoms with Gasteiger partial charge in [0.1, 0.15) is 4.83 Å². The summed E-state index contributed by atoms with van der Waals surface area (Å²) >= 11 is 1.62. The molecule has 0 saturated heterocycles. The summed E-state index contributed by atoms with van der Waals surface area (Å²) < 4.78 is 0. The zero-order valence-corrected chi connectivity index (χ0v) is 10.8. The van der Waals surface area contributed by atoms with Crippen LogP contribution >= 0.6 is 11.3 Å². The van der Waals surface area contributed by atoms with Crippen molar-refractivity contribution in [2.24, 2.45) is 0 Å². The minimum Gasteiger partial charge on any atom is -0.303 e. The Morgan fingerprint density at radius 3 is 2.89 bits per heavy atom. The Bertz CT molecular complexity index is 822. The van der Waals surface area contributed by atoms with Crippen molar-refractivity contribution in [3.8, 4) is 11.6 Å². The Balaban J connectivity index is 2.00. The maximum Gasteiger partial charge on any atom is 0.260 e. The van der Waals surface area contributed by atoms with Crippen molar-refractivity contribution in [1.82, 2.24) is 19.9 Å². The van der Waals surface area contributed by atoms with Gasteiger partial charge < -0.3 is 4.98 Å². The van der Waals surface area contributed by atoms with Crippen LogP contribution in [0.1, 0.15) is 16.9 Å². The molecule has 6 heteroatoms. The second-order valence-electron chi connectivity index (χ2n) is 4.52. The van der Waals surface area contributed by atoms with Gasteiger partial charge in [-0.2, -0.15) is 0 Å². The van der Waals surface area contributed by atoms with Crippen LogP contribution in [0.4, 0.5) is 0 Å². The van der Waals surface area contributed by atoms with E-state index in [0.29, 0.717) is 11.6 Å². The summed E-state index contributed by atoms with van der Waals surface area (Å²) in [5.74, 6) is 0.896. The highest BCUT2D eigenvalue weighted by Crippen LogP contribution is 2.34. The molecule has 3 aromatic rings. The molecule has 0 bridgehead atoms. The predicted octanol–water partition coefficient (Wildman–Crippen LogP) is 1.93. The molecule has 3 heterocycles. The molecule has 1 aliphatic carbocycles. The highest BCUT2D eigenvalue weighted by molar-refractivity contribution is 7.18. The van der Waals surface area contributed by atoms with Crippen LogP contribution in [0.15, 0.2) is 23.3 Å². The van der Waals surface area contributed by atoms with Crippen molar-refractivity contribution in [1.29, 1.82) is 0 Å². The third-order valence-corrected chi connectivity index (χ3v) is 4.54. The zero-order chi connectivity index (χ0) is 12.8. The number of H-pyrrole nitrogens is 1. The first-order chi connectivity index (χ1) is 9.33. The van der Waals surface area contributed by atoms with Gasteiger partial charge in [0.15, 0.2) is 11.6 Å². The minimum absolute atomic E-state index is 0.0770. The summed E-state index contributed by atoms with van der Waals surface area (Å²) in [7, 11) is 0. The quantitative estimate of drug-likeness (QED) is 0.733. The van der Waals surface area contributed by atoms with E-state index >= 15 is 0 Å². The molecule has 0 spiro atoms. The van der Waals surface area contributed by atoms with E-state index in [2.05, 4.69) is 19.9 Å². The molecule has 5 nitrogen and oxygen atoms in total. The SMILES string of the molecule is O=c1[nH]c(-c2ncccn2)nc2sc3c(c12)CCC3. The summed E-state index contributed by atoms with van der Waals surface area (Å²) in [4.78, 5) is 29.9. The Kier molecular flexibility index (Phi) is 2.25. The molecule has 0 fully saturated rings. The lowest BCUT2D eigenvalue weighted by molar-refractivity contribution is 0.916. The molecule has 0 aromatic carbocycles. The molecule has 1 N–H and O–H groups in total. The van der Waals surface area contributed by atoms with Gasteiger partial charge in [-0.25, -0.2) is 15.0 Å². The highest BCUT2D eigenvalue weighted by atomic mass is 32.1. The Labute approximate surface area is 112 Å². The van der Waals surface area contributed by atoms with Crippen LogP contribution in [0.25, 0.3) is 21.9 Å². The fourth-order valence-electron chi connectivity index (χ4n) is 2.53. The maximum absolute atomic E-state index is 12.2. The molecule has 1 aliphatic rings. The van der Waals surface area contributed by atoms with Gasteiger partial charge in [-0.1, -0.05) is 0 Å². The topological polar surface area (TPSA) is 71.5 Å². The lowest BCUT2D eigenvalue weighted by Crippen LogP contribution is -2.10. The number of thiophene rings is 1. The fourth-order valence-corrected chi connectivity index (χ4v) is 3.79. The number of nitrogens with one attached hydrogen (secondary N) is 1.